The lowest BCUT2D eigenvalue weighted by Gasteiger charge is -2.19. The number of hydrogen-bond acceptors (Lipinski definition) is 3. The van der Waals surface area contributed by atoms with Crippen LogP contribution in [0.4, 0.5) is 5.69 Å². The third-order valence-electron chi connectivity index (χ3n) is 6.56. The lowest BCUT2D eigenvalue weighted by molar-refractivity contribution is 0.102. The van der Waals surface area contributed by atoms with Crippen molar-refractivity contribution in [1.29, 1.82) is 0 Å². The molecule has 0 aliphatic carbocycles. The first-order chi connectivity index (χ1) is 18.2. The summed E-state index contributed by atoms with van der Waals surface area (Å²) in [6.07, 6.45) is 2.07. The van der Waals surface area contributed by atoms with Crippen LogP contribution in [0.1, 0.15) is 62.0 Å². The molecule has 3 aromatic carbocycles. The van der Waals surface area contributed by atoms with E-state index in [-0.39, 0.29) is 11.0 Å². The molecule has 1 heterocycles. The van der Waals surface area contributed by atoms with E-state index in [1.165, 1.54) is 5.56 Å². The molecule has 0 spiro atoms. The molecular weight excluding hydrogens is 472 g/mol. The van der Waals surface area contributed by atoms with E-state index in [1.54, 1.807) is 0 Å². The third kappa shape index (κ3) is 6.41. The van der Waals surface area contributed by atoms with E-state index < -0.39 is 11.5 Å². The Morgan fingerprint density at radius 1 is 0.895 bits per heavy atom. The van der Waals surface area contributed by atoms with E-state index in [2.05, 4.69) is 50.1 Å². The van der Waals surface area contributed by atoms with Crippen LogP contribution in [0.5, 0.6) is 5.75 Å². The van der Waals surface area contributed by atoms with Crippen molar-refractivity contribution in [3.63, 3.8) is 0 Å². The molecule has 0 atom stereocenters. The Morgan fingerprint density at radius 2 is 1.53 bits per heavy atom. The molecule has 0 aliphatic heterocycles. The van der Waals surface area contributed by atoms with Crippen molar-refractivity contribution in [2.45, 2.75) is 52.9 Å². The number of aromatic amines is 1. The number of benzene rings is 3. The molecule has 0 saturated carbocycles. The molecule has 0 bridgehead atoms. The fourth-order valence-corrected chi connectivity index (χ4v) is 4.21. The smallest absolute Gasteiger partial charge is 0.261 e. The molecule has 5 heteroatoms. The fourth-order valence-electron chi connectivity index (χ4n) is 4.21. The van der Waals surface area contributed by atoms with Gasteiger partial charge in [-0.1, -0.05) is 76.1 Å². The van der Waals surface area contributed by atoms with Gasteiger partial charge in [-0.15, -0.1) is 0 Å². The number of anilines is 1. The molecule has 0 radical (unpaired) electrons. The molecule has 1 aromatic heterocycles. The summed E-state index contributed by atoms with van der Waals surface area (Å²) in [5.74, 6) is 0.341. The normalized spacial score (nSPS) is 11.3. The first kappa shape index (κ1) is 26.9. The molecule has 4 aromatic rings. The lowest BCUT2D eigenvalue weighted by atomic mass is 9.86. The number of pyridine rings is 1. The number of hydrogen-bond donors (Lipinski definition) is 2. The van der Waals surface area contributed by atoms with E-state index in [9.17, 15) is 9.59 Å². The van der Waals surface area contributed by atoms with Gasteiger partial charge in [-0.05, 0) is 77.9 Å². The molecule has 0 saturated heterocycles. The van der Waals surface area contributed by atoms with Crippen molar-refractivity contribution >= 4 is 11.6 Å². The molecular formula is C33H36N2O3. The minimum Gasteiger partial charge on any atom is -0.494 e. The van der Waals surface area contributed by atoms with E-state index in [0.29, 0.717) is 23.6 Å². The van der Waals surface area contributed by atoms with Gasteiger partial charge in [0.2, 0.25) is 0 Å². The molecule has 1 amide bonds. The van der Waals surface area contributed by atoms with Gasteiger partial charge >= 0.3 is 0 Å². The van der Waals surface area contributed by atoms with E-state index >= 15 is 0 Å². The van der Waals surface area contributed by atoms with Gasteiger partial charge in [0.05, 0.1) is 6.61 Å². The first-order valence-electron chi connectivity index (χ1n) is 13.1. The summed E-state index contributed by atoms with van der Waals surface area (Å²) in [6, 6.07) is 25.1. The first-order valence-corrected chi connectivity index (χ1v) is 13.1. The third-order valence-corrected chi connectivity index (χ3v) is 6.56. The fraction of sp³-hybridized carbons (Fsp3) is 0.273. The SMILES string of the molecule is CCCCOc1ccc(-c2cc(-c3ccc(C(C)(C)C)cc3)c(C(=O)Nc3ccc(C)cc3)c(=O)[nH]2)cc1. The molecule has 0 unspecified atom stereocenters. The van der Waals surface area contributed by atoms with Crippen LogP contribution in [-0.2, 0) is 5.41 Å². The summed E-state index contributed by atoms with van der Waals surface area (Å²) in [4.78, 5) is 29.8. The Balaban J connectivity index is 1.75. The number of unbranched alkanes of at least 4 members (excludes halogenated alkanes) is 1. The Bertz CT molecular complexity index is 1440. The van der Waals surface area contributed by atoms with E-state index in [1.807, 2.05) is 73.7 Å². The second kappa shape index (κ2) is 11.5. The summed E-state index contributed by atoms with van der Waals surface area (Å²) in [5.41, 5.74) is 5.39. The average Bonchev–Trinajstić information content (AvgIpc) is 2.89. The number of amides is 1. The second-order valence-corrected chi connectivity index (χ2v) is 10.7. The Kier molecular flexibility index (Phi) is 8.16. The Hall–Kier alpha value is -4.12. The van der Waals surface area contributed by atoms with Gasteiger partial charge in [0, 0.05) is 16.9 Å². The van der Waals surface area contributed by atoms with Gasteiger partial charge in [-0.2, -0.15) is 0 Å². The number of carbonyl (C=O) groups excluding carboxylic acids is 1. The van der Waals surface area contributed by atoms with Crippen LogP contribution in [-0.4, -0.2) is 17.5 Å². The zero-order chi connectivity index (χ0) is 27.3. The second-order valence-electron chi connectivity index (χ2n) is 10.7. The zero-order valence-corrected chi connectivity index (χ0v) is 22.9. The summed E-state index contributed by atoms with van der Waals surface area (Å²) in [6.45, 7) is 11.3. The highest BCUT2D eigenvalue weighted by molar-refractivity contribution is 6.08. The van der Waals surface area contributed by atoms with Crippen molar-refractivity contribution in [2.24, 2.45) is 0 Å². The highest BCUT2D eigenvalue weighted by Gasteiger charge is 2.21. The zero-order valence-electron chi connectivity index (χ0n) is 22.9. The number of nitrogens with one attached hydrogen (secondary N) is 2. The predicted octanol–water partition coefficient (Wildman–Crippen LogP) is 7.75. The molecule has 196 valence electrons. The van der Waals surface area contributed by atoms with Gasteiger partial charge in [-0.3, -0.25) is 9.59 Å². The van der Waals surface area contributed by atoms with Crippen molar-refractivity contribution in [1.82, 2.24) is 4.98 Å². The van der Waals surface area contributed by atoms with Gasteiger partial charge in [0.25, 0.3) is 11.5 Å². The van der Waals surface area contributed by atoms with Crippen LogP contribution in [0.25, 0.3) is 22.4 Å². The average molecular weight is 509 g/mol. The molecule has 4 rings (SSSR count). The van der Waals surface area contributed by atoms with Crippen molar-refractivity contribution in [2.75, 3.05) is 11.9 Å². The minimum atomic E-state index is -0.448. The van der Waals surface area contributed by atoms with Crippen LogP contribution >= 0.6 is 0 Å². The molecule has 38 heavy (non-hydrogen) atoms. The van der Waals surface area contributed by atoms with E-state index in [4.69, 9.17) is 4.74 Å². The van der Waals surface area contributed by atoms with Crippen LogP contribution in [0.15, 0.2) is 83.7 Å². The molecule has 2 N–H and O–H groups in total. The number of aryl methyl sites for hydroxylation is 1. The maximum Gasteiger partial charge on any atom is 0.261 e. The predicted molar refractivity (Wildman–Crippen MR) is 156 cm³/mol. The van der Waals surface area contributed by atoms with Crippen molar-refractivity contribution in [3.05, 3.63) is 106 Å². The standard InChI is InChI=1S/C33H36N2O3/c1-6-7-20-38-27-18-12-24(13-19-27)29-21-28(23-10-14-25(15-11-23)33(3,4)5)30(32(37)35-29)31(36)34-26-16-8-22(2)9-17-26/h8-19,21H,6-7,20H2,1-5H3,(H,34,36)(H,35,37). The van der Waals surface area contributed by atoms with E-state index in [0.717, 1.165) is 35.3 Å². The maximum atomic E-state index is 13.4. The highest BCUT2D eigenvalue weighted by atomic mass is 16.5. The van der Waals surface area contributed by atoms with Crippen molar-refractivity contribution in [3.8, 4) is 28.1 Å². The minimum absolute atomic E-state index is 0.00948. The van der Waals surface area contributed by atoms with Gasteiger partial charge < -0.3 is 15.0 Å². The van der Waals surface area contributed by atoms with Crippen molar-refractivity contribution < 1.29 is 9.53 Å². The van der Waals surface area contributed by atoms with Crippen LogP contribution < -0.4 is 15.6 Å². The number of rotatable bonds is 8. The topological polar surface area (TPSA) is 71.2 Å². The highest BCUT2D eigenvalue weighted by Crippen LogP contribution is 2.30. The number of ether oxygens (including phenoxy) is 1. The van der Waals surface area contributed by atoms with Gasteiger partial charge in [-0.25, -0.2) is 0 Å². The Labute approximate surface area is 224 Å². The Morgan fingerprint density at radius 3 is 2.13 bits per heavy atom. The lowest BCUT2D eigenvalue weighted by Crippen LogP contribution is -2.25. The monoisotopic (exact) mass is 508 g/mol. The quantitative estimate of drug-likeness (QED) is 0.239. The molecule has 0 fully saturated rings. The van der Waals surface area contributed by atoms with Gasteiger partial charge in [0.15, 0.2) is 0 Å². The number of carbonyl (C=O) groups is 1. The number of aromatic nitrogens is 1. The molecule has 0 aliphatic rings. The summed E-state index contributed by atoms with van der Waals surface area (Å²) in [7, 11) is 0. The summed E-state index contributed by atoms with van der Waals surface area (Å²) in [5, 5.41) is 2.89. The van der Waals surface area contributed by atoms with Crippen LogP contribution in [0, 0.1) is 6.92 Å². The van der Waals surface area contributed by atoms with Gasteiger partial charge in [0.1, 0.15) is 11.3 Å². The molecule has 5 nitrogen and oxygen atoms in total. The van der Waals surface area contributed by atoms with Crippen LogP contribution in [0.3, 0.4) is 0 Å². The largest absolute Gasteiger partial charge is 0.494 e. The maximum absolute atomic E-state index is 13.4. The van der Waals surface area contributed by atoms with Crippen LogP contribution in [0.2, 0.25) is 0 Å². The summed E-state index contributed by atoms with van der Waals surface area (Å²) < 4.78 is 5.78. The number of H-pyrrole nitrogens is 1. The summed E-state index contributed by atoms with van der Waals surface area (Å²) >= 11 is 0.